The molecule has 0 saturated heterocycles. The van der Waals surface area contributed by atoms with E-state index in [1.807, 2.05) is 39.0 Å². The van der Waals surface area contributed by atoms with Crippen LogP contribution < -0.4 is 4.74 Å². The first kappa shape index (κ1) is 12.2. The molecule has 1 aromatic heterocycles. The predicted octanol–water partition coefficient (Wildman–Crippen LogP) is 2.62. The third kappa shape index (κ3) is 2.91. The number of benzene rings is 1. The van der Waals surface area contributed by atoms with Crippen LogP contribution in [-0.4, -0.2) is 15.9 Å². The van der Waals surface area contributed by atoms with Crippen molar-refractivity contribution in [2.75, 3.05) is 0 Å². The molecule has 0 atom stereocenters. The molecule has 4 nitrogen and oxygen atoms in total. The normalized spacial score (nSPS) is 10.2. The van der Waals surface area contributed by atoms with Crippen molar-refractivity contribution in [3.05, 3.63) is 53.1 Å². The maximum absolute atomic E-state index is 11.8. The van der Waals surface area contributed by atoms with Crippen molar-refractivity contribution in [2.24, 2.45) is 0 Å². The van der Waals surface area contributed by atoms with Gasteiger partial charge >= 0.3 is 5.97 Å². The number of aryl methyl sites for hydroxylation is 3. The Morgan fingerprint density at radius 2 is 1.67 bits per heavy atom. The van der Waals surface area contributed by atoms with E-state index in [-0.39, 0.29) is 5.69 Å². The molecule has 1 heterocycles. The van der Waals surface area contributed by atoms with Gasteiger partial charge in [0.15, 0.2) is 5.69 Å². The summed E-state index contributed by atoms with van der Waals surface area (Å²) in [5.41, 5.74) is 3.07. The van der Waals surface area contributed by atoms with Crippen molar-refractivity contribution < 1.29 is 9.53 Å². The summed E-state index contributed by atoms with van der Waals surface area (Å²) in [5, 5.41) is 0. The number of carbonyl (C=O) groups is 1. The van der Waals surface area contributed by atoms with Gasteiger partial charge in [0.25, 0.3) is 0 Å². The summed E-state index contributed by atoms with van der Waals surface area (Å²) >= 11 is 0. The second-order valence-corrected chi connectivity index (χ2v) is 4.26. The smallest absolute Gasteiger partial charge is 0.363 e. The van der Waals surface area contributed by atoms with Gasteiger partial charge in [0.05, 0.1) is 11.9 Å². The molecule has 0 saturated carbocycles. The average molecular weight is 242 g/mol. The van der Waals surface area contributed by atoms with Crippen LogP contribution in [0, 0.1) is 20.8 Å². The Labute approximate surface area is 106 Å². The molecule has 0 spiro atoms. The highest BCUT2D eigenvalue weighted by Crippen LogP contribution is 2.17. The largest absolute Gasteiger partial charge is 0.422 e. The molecule has 1 aromatic carbocycles. The zero-order valence-electron chi connectivity index (χ0n) is 10.6. The summed E-state index contributed by atoms with van der Waals surface area (Å²) in [6.07, 6.45) is 2.96. The van der Waals surface area contributed by atoms with Gasteiger partial charge in [0.2, 0.25) is 0 Å². The first-order valence-electron chi connectivity index (χ1n) is 5.64. The van der Waals surface area contributed by atoms with E-state index in [1.165, 1.54) is 12.4 Å². The van der Waals surface area contributed by atoms with E-state index in [2.05, 4.69) is 9.97 Å². The lowest BCUT2D eigenvalue weighted by molar-refractivity contribution is 0.0728. The molecule has 4 heteroatoms. The van der Waals surface area contributed by atoms with Crippen LogP contribution >= 0.6 is 0 Å². The number of rotatable bonds is 2. The first-order chi connectivity index (χ1) is 8.54. The molecule has 0 aliphatic carbocycles. The highest BCUT2D eigenvalue weighted by Gasteiger charge is 2.10. The van der Waals surface area contributed by atoms with Crippen LogP contribution in [0.2, 0.25) is 0 Å². The van der Waals surface area contributed by atoms with Crippen LogP contribution in [0.3, 0.4) is 0 Å². The lowest BCUT2D eigenvalue weighted by Gasteiger charge is -2.06. The highest BCUT2D eigenvalue weighted by molar-refractivity contribution is 5.88. The molecule has 0 aliphatic rings. The van der Waals surface area contributed by atoms with Gasteiger partial charge in [-0.1, -0.05) is 6.07 Å². The van der Waals surface area contributed by atoms with Gasteiger partial charge in [-0.15, -0.1) is 0 Å². The Balaban J connectivity index is 2.18. The molecule has 0 amide bonds. The predicted molar refractivity (Wildman–Crippen MR) is 67.6 cm³/mol. The number of hydrogen-bond donors (Lipinski definition) is 0. The Morgan fingerprint density at radius 1 is 1.00 bits per heavy atom. The maximum Gasteiger partial charge on any atom is 0.363 e. The molecule has 0 radical (unpaired) electrons. The van der Waals surface area contributed by atoms with Gasteiger partial charge in [-0.2, -0.15) is 0 Å². The van der Waals surface area contributed by atoms with E-state index in [4.69, 9.17) is 4.74 Å². The lowest BCUT2D eigenvalue weighted by atomic mass is 10.1. The summed E-state index contributed by atoms with van der Waals surface area (Å²) < 4.78 is 5.26. The molecule has 92 valence electrons. The van der Waals surface area contributed by atoms with Crippen LogP contribution in [0.5, 0.6) is 5.75 Å². The summed E-state index contributed by atoms with van der Waals surface area (Å²) in [5.74, 6) is 0.0346. The highest BCUT2D eigenvalue weighted by atomic mass is 16.5. The molecule has 2 rings (SSSR count). The minimum Gasteiger partial charge on any atom is -0.422 e. The van der Waals surface area contributed by atoms with Gasteiger partial charge in [-0.25, -0.2) is 9.78 Å². The van der Waals surface area contributed by atoms with Crippen molar-refractivity contribution in [1.82, 2.24) is 9.97 Å². The van der Waals surface area contributed by atoms with Crippen LogP contribution in [-0.2, 0) is 0 Å². The summed E-state index contributed by atoms with van der Waals surface area (Å²) in [6, 6.07) is 5.64. The SMILES string of the molecule is Cc1cc(C)cc(OC(=O)c2cnc(C)cn2)c1. The fourth-order valence-electron chi connectivity index (χ4n) is 1.65. The Morgan fingerprint density at radius 3 is 2.22 bits per heavy atom. The van der Waals surface area contributed by atoms with Crippen molar-refractivity contribution in [3.63, 3.8) is 0 Å². The number of ether oxygens (including phenoxy) is 1. The molecule has 0 bridgehead atoms. The number of carbonyl (C=O) groups excluding carboxylic acids is 1. The average Bonchev–Trinajstić information content (AvgIpc) is 2.28. The molecular formula is C14H14N2O2. The fraction of sp³-hybridized carbons (Fsp3) is 0.214. The Bertz CT molecular complexity index is 557. The van der Waals surface area contributed by atoms with Crippen molar-refractivity contribution in [2.45, 2.75) is 20.8 Å². The van der Waals surface area contributed by atoms with E-state index >= 15 is 0 Å². The quantitative estimate of drug-likeness (QED) is 0.600. The molecule has 0 N–H and O–H groups in total. The minimum absolute atomic E-state index is 0.208. The monoisotopic (exact) mass is 242 g/mol. The Hall–Kier alpha value is -2.23. The zero-order chi connectivity index (χ0) is 13.1. The molecule has 0 unspecified atom stereocenters. The number of nitrogens with zero attached hydrogens (tertiary/aromatic N) is 2. The lowest BCUT2D eigenvalue weighted by Crippen LogP contribution is -2.11. The van der Waals surface area contributed by atoms with E-state index in [9.17, 15) is 4.79 Å². The van der Waals surface area contributed by atoms with Crippen molar-refractivity contribution >= 4 is 5.97 Å². The third-order valence-electron chi connectivity index (χ3n) is 2.40. The van der Waals surface area contributed by atoms with Gasteiger partial charge in [-0.05, 0) is 44.0 Å². The third-order valence-corrected chi connectivity index (χ3v) is 2.40. The maximum atomic E-state index is 11.8. The second kappa shape index (κ2) is 4.96. The van der Waals surface area contributed by atoms with Crippen molar-refractivity contribution in [1.29, 1.82) is 0 Å². The second-order valence-electron chi connectivity index (χ2n) is 4.26. The number of hydrogen-bond acceptors (Lipinski definition) is 4. The fourth-order valence-corrected chi connectivity index (χ4v) is 1.65. The van der Waals surface area contributed by atoms with Crippen LogP contribution in [0.15, 0.2) is 30.6 Å². The van der Waals surface area contributed by atoms with Gasteiger partial charge in [0.1, 0.15) is 5.75 Å². The minimum atomic E-state index is -0.493. The van der Waals surface area contributed by atoms with Gasteiger partial charge < -0.3 is 4.74 Å². The molecular weight excluding hydrogens is 228 g/mol. The van der Waals surface area contributed by atoms with E-state index in [0.717, 1.165) is 16.8 Å². The van der Waals surface area contributed by atoms with E-state index in [0.29, 0.717) is 5.75 Å². The molecule has 0 fully saturated rings. The van der Waals surface area contributed by atoms with Crippen LogP contribution in [0.4, 0.5) is 0 Å². The topological polar surface area (TPSA) is 52.1 Å². The van der Waals surface area contributed by atoms with Gasteiger partial charge in [-0.3, -0.25) is 4.98 Å². The molecule has 18 heavy (non-hydrogen) atoms. The molecule has 2 aromatic rings. The van der Waals surface area contributed by atoms with E-state index < -0.39 is 5.97 Å². The first-order valence-corrected chi connectivity index (χ1v) is 5.64. The van der Waals surface area contributed by atoms with Crippen LogP contribution in [0.1, 0.15) is 27.3 Å². The standard InChI is InChI=1S/C14H14N2O2/c1-9-4-10(2)6-12(5-9)18-14(17)13-8-15-11(3)7-16-13/h4-8H,1-3H3. The number of aromatic nitrogens is 2. The van der Waals surface area contributed by atoms with Crippen LogP contribution in [0.25, 0.3) is 0 Å². The summed E-state index contributed by atoms with van der Waals surface area (Å²) in [6.45, 7) is 5.72. The van der Waals surface area contributed by atoms with Gasteiger partial charge in [0, 0.05) is 6.20 Å². The van der Waals surface area contributed by atoms with E-state index in [1.54, 1.807) is 0 Å². The summed E-state index contributed by atoms with van der Waals surface area (Å²) in [7, 11) is 0. The number of esters is 1. The molecule has 0 aliphatic heterocycles. The summed E-state index contributed by atoms with van der Waals surface area (Å²) in [4.78, 5) is 19.8. The zero-order valence-corrected chi connectivity index (χ0v) is 10.6. The Kier molecular flexibility index (Phi) is 3.37. The van der Waals surface area contributed by atoms with Crippen molar-refractivity contribution in [3.8, 4) is 5.75 Å².